The zero-order valence-electron chi connectivity index (χ0n) is 8.90. The molecule has 1 aliphatic heterocycles. The van der Waals surface area contributed by atoms with Crippen molar-refractivity contribution >= 4 is 29.0 Å². The minimum Gasteiger partial charge on any atom is -0.399 e. The number of nitrogens with one attached hydrogen (secondary N) is 1. The average Bonchev–Trinajstić information content (AvgIpc) is 2.48. The normalized spacial score (nSPS) is 20.2. The number of rotatable bonds is 2. The molecule has 1 atom stereocenters. The lowest BCUT2D eigenvalue weighted by atomic mass is 10.2. The number of carbonyl (C=O) groups excluding carboxylic acids is 1. The monoisotopic (exact) mass is 240 g/mol. The molecule has 1 amide bonds. The Balaban J connectivity index is 2.12. The van der Waals surface area contributed by atoms with E-state index in [0.29, 0.717) is 16.7 Å². The number of pyridine rings is 1. The summed E-state index contributed by atoms with van der Waals surface area (Å²) in [7, 11) is 1.78. The predicted octanol–water partition coefficient (Wildman–Crippen LogP) is 0.960. The Morgan fingerprint density at radius 1 is 1.62 bits per heavy atom. The third-order valence-electron chi connectivity index (χ3n) is 2.57. The second-order valence-electron chi connectivity index (χ2n) is 3.85. The molecule has 2 rings (SSSR count). The highest BCUT2D eigenvalue weighted by Gasteiger charge is 2.29. The lowest BCUT2D eigenvalue weighted by Crippen LogP contribution is -2.31. The Bertz CT molecular complexity index is 403. The van der Waals surface area contributed by atoms with E-state index in [1.807, 2.05) is 0 Å². The zero-order chi connectivity index (χ0) is 11.7. The second-order valence-corrected chi connectivity index (χ2v) is 4.24. The van der Waals surface area contributed by atoms with Crippen molar-refractivity contribution in [3.05, 3.63) is 17.3 Å². The number of hydrogen-bond acceptors (Lipinski definition) is 4. The van der Waals surface area contributed by atoms with Crippen molar-refractivity contribution in [3.63, 3.8) is 0 Å². The van der Waals surface area contributed by atoms with E-state index in [4.69, 9.17) is 17.3 Å². The first-order chi connectivity index (χ1) is 7.56. The third-order valence-corrected chi connectivity index (χ3v) is 2.76. The van der Waals surface area contributed by atoms with Crippen LogP contribution in [0.3, 0.4) is 0 Å². The van der Waals surface area contributed by atoms with Crippen LogP contribution in [0.1, 0.15) is 6.42 Å². The molecule has 1 aromatic rings. The van der Waals surface area contributed by atoms with Crippen molar-refractivity contribution in [1.82, 2.24) is 9.88 Å². The van der Waals surface area contributed by atoms with Crippen molar-refractivity contribution in [2.75, 3.05) is 24.6 Å². The number of nitrogens with zero attached hydrogens (tertiary/aromatic N) is 2. The number of anilines is 2. The number of hydrogen-bond donors (Lipinski definition) is 2. The lowest BCUT2D eigenvalue weighted by molar-refractivity contribution is -0.127. The third kappa shape index (κ3) is 2.19. The molecule has 1 aliphatic rings. The molecule has 0 radical (unpaired) electrons. The van der Waals surface area contributed by atoms with Crippen LogP contribution in [0.2, 0.25) is 5.15 Å². The molecular weight excluding hydrogens is 228 g/mol. The lowest BCUT2D eigenvalue weighted by Gasteiger charge is -2.13. The van der Waals surface area contributed by atoms with Crippen molar-refractivity contribution in [1.29, 1.82) is 0 Å². The fraction of sp³-hybridized carbons (Fsp3) is 0.400. The molecule has 16 heavy (non-hydrogen) atoms. The average molecular weight is 241 g/mol. The quantitative estimate of drug-likeness (QED) is 0.756. The highest BCUT2D eigenvalue weighted by Crippen LogP contribution is 2.19. The first-order valence-corrected chi connectivity index (χ1v) is 5.38. The van der Waals surface area contributed by atoms with Gasteiger partial charge in [-0.3, -0.25) is 4.79 Å². The van der Waals surface area contributed by atoms with Crippen molar-refractivity contribution in [2.24, 2.45) is 0 Å². The molecule has 5 nitrogen and oxygen atoms in total. The van der Waals surface area contributed by atoms with Gasteiger partial charge in [-0.05, 0) is 12.5 Å². The summed E-state index contributed by atoms with van der Waals surface area (Å²) < 4.78 is 0. The summed E-state index contributed by atoms with van der Waals surface area (Å²) in [6.07, 6.45) is 0.767. The Hall–Kier alpha value is -1.49. The van der Waals surface area contributed by atoms with Gasteiger partial charge in [0.2, 0.25) is 5.91 Å². The minimum atomic E-state index is -0.227. The number of likely N-dealkylation sites (N-methyl/N-ethyl adjacent to an activating group) is 1. The van der Waals surface area contributed by atoms with E-state index in [9.17, 15) is 4.79 Å². The molecule has 1 saturated heterocycles. The highest BCUT2D eigenvalue weighted by molar-refractivity contribution is 6.29. The fourth-order valence-corrected chi connectivity index (χ4v) is 1.94. The van der Waals surface area contributed by atoms with E-state index in [1.54, 1.807) is 24.1 Å². The van der Waals surface area contributed by atoms with Crippen LogP contribution in [0.25, 0.3) is 0 Å². The molecule has 0 spiro atoms. The van der Waals surface area contributed by atoms with Gasteiger partial charge in [-0.2, -0.15) is 0 Å². The number of aromatic nitrogens is 1. The standard InChI is InChI=1S/C10H13ClN4O/c1-15-3-2-7(10(15)16)13-9-5-6(12)4-8(11)14-9/h4-5,7H,2-3H2,1H3,(H3,12,13,14). The highest BCUT2D eigenvalue weighted by atomic mass is 35.5. The topological polar surface area (TPSA) is 71.2 Å². The van der Waals surface area contributed by atoms with Crippen LogP contribution >= 0.6 is 11.6 Å². The van der Waals surface area contributed by atoms with Gasteiger partial charge in [0.1, 0.15) is 17.0 Å². The summed E-state index contributed by atoms with van der Waals surface area (Å²) in [6, 6.07) is 3.00. The van der Waals surface area contributed by atoms with Gasteiger partial charge in [0.05, 0.1) is 0 Å². The first-order valence-electron chi connectivity index (χ1n) is 5.01. The van der Waals surface area contributed by atoms with Crippen molar-refractivity contribution in [2.45, 2.75) is 12.5 Å². The molecule has 6 heteroatoms. The summed E-state index contributed by atoms with van der Waals surface area (Å²) >= 11 is 5.77. The Labute approximate surface area is 98.6 Å². The van der Waals surface area contributed by atoms with Crippen molar-refractivity contribution < 1.29 is 4.79 Å². The van der Waals surface area contributed by atoms with E-state index < -0.39 is 0 Å². The van der Waals surface area contributed by atoms with Crippen LogP contribution in [0.5, 0.6) is 0 Å². The van der Waals surface area contributed by atoms with Gasteiger partial charge in [0.25, 0.3) is 0 Å². The summed E-state index contributed by atoms with van der Waals surface area (Å²) in [4.78, 5) is 17.4. The fourth-order valence-electron chi connectivity index (χ4n) is 1.73. The number of halogens is 1. The molecule has 1 aromatic heterocycles. The van der Waals surface area contributed by atoms with Gasteiger partial charge in [-0.25, -0.2) is 4.98 Å². The van der Waals surface area contributed by atoms with Crippen LogP contribution in [-0.2, 0) is 4.79 Å². The van der Waals surface area contributed by atoms with Gasteiger partial charge in [0, 0.05) is 25.3 Å². The van der Waals surface area contributed by atoms with Gasteiger partial charge >= 0.3 is 0 Å². The van der Waals surface area contributed by atoms with E-state index in [2.05, 4.69) is 10.3 Å². The minimum absolute atomic E-state index is 0.0698. The number of nitrogens with two attached hydrogens (primary N) is 1. The van der Waals surface area contributed by atoms with Gasteiger partial charge in [-0.1, -0.05) is 11.6 Å². The van der Waals surface area contributed by atoms with Crippen LogP contribution in [0.15, 0.2) is 12.1 Å². The molecule has 2 heterocycles. The Morgan fingerprint density at radius 2 is 2.38 bits per heavy atom. The summed E-state index contributed by atoms with van der Waals surface area (Å²) in [5.41, 5.74) is 6.16. The van der Waals surface area contributed by atoms with Crippen LogP contribution in [0, 0.1) is 0 Å². The predicted molar refractivity (Wildman–Crippen MR) is 63.3 cm³/mol. The maximum absolute atomic E-state index is 11.7. The first kappa shape index (κ1) is 11.0. The molecule has 3 N–H and O–H groups in total. The summed E-state index contributed by atoms with van der Waals surface area (Å²) in [5.74, 6) is 0.610. The van der Waals surface area contributed by atoms with E-state index in [0.717, 1.165) is 13.0 Å². The molecule has 0 aliphatic carbocycles. The summed E-state index contributed by atoms with van der Waals surface area (Å²) in [6.45, 7) is 0.756. The molecule has 0 aromatic carbocycles. The van der Waals surface area contributed by atoms with E-state index in [1.165, 1.54) is 0 Å². The smallest absolute Gasteiger partial charge is 0.244 e. The SMILES string of the molecule is CN1CCC(Nc2cc(N)cc(Cl)n2)C1=O. The van der Waals surface area contributed by atoms with Gasteiger partial charge in [-0.15, -0.1) is 0 Å². The van der Waals surface area contributed by atoms with Crippen molar-refractivity contribution in [3.8, 4) is 0 Å². The molecule has 1 unspecified atom stereocenters. The van der Waals surface area contributed by atoms with Crippen LogP contribution in [-0.4, -0.2) is 35.4 Å². The largest absolute Gasteiger partial charge is 0.399 e. The number of nitrogen functional groups attached to an aromatic ring is 1. The van der Waals surface area contributed by atoms with Crippen LogP contribution < -0.4 is 11.1 Å². The Kier molecular flexibility index (Phi) is 2.87. The number of carbonyl (C=O) groups is 1. The Morgan fingerprint density at radius 3 is 2.94 bits per heavy atom. The molecule has 0 saturated carbocycles. The molecule has 86 valence electrons. The maximum atomic E-state index is 11.7. The summed E-state index contributed by atoms with van der Waals surface area (Å²) in [5, 5.41) is 3.36. The van der Waals surface area contributed by atoms with Crippen LogP contribution in [0.4, 0.5) is 11.5 Å². The number of likely N-dealkylation sites (tertiary alicyclic amines) is 1. The van der Waals surface area contributed by atoms with E-state index in [-0.39, 0.29) is 11.9 Å². The molecule has 0 bridgehead atoms. The zero-order valence-corrected chi connectivity index (χ0v) is 9.66. The molecule has 1 fully saturated rings. The molecular formula is C10H13ClN4O. The van der Waals surface area contributed by atoms with Gasteiger partial charge in [0.15, 0.2) is 0 Å². The van der Waals surface area contributed by atoms with E-state index >= 15 is 0 Å². The second kappa shape index (κ2) is 4.17. The van der Waals surface area contributed by atoms with Gasteiger partial charge < -0.3 is 16.0 Å². The maximum Gasteiger partial charge on any atom is 0.244 e. The number of amides is 1.